The minimum atomic E-state index is -0.830. The maximum absolute atomic E-state index is 13.0. The molecule has 0 unspecified atom stereocenters. The van der Waals surface area contributed by atoms with Crippen molar-refractivity contribution in [2.45, 2.75) is 6.54 Å². The maximum atomic E-state index is 13.0. The Labute approximate surface area is 91.7 Å². The zero-order valence-electron chi connectivity index (χ0n) is 8.74. The predicted octanol–water partition coefficient (Wildman–Crippen LogP) is 2.25. The largest absolute Gasteiger partial charge is 0.359 e. The zero-order valence-corrected chi connectivity index (χ0v) is 8.74. The van der Waals surface area contributed by atoms with Crippen LogP contribution >= 0.6 is 0 Å². The molecule has 1 heterocycles. The van der Waals surface area contributed by atoms with Crippen molar-refractivity contribution in [3.8, 4) is 0 Å². The maximum Gasteiger partial charge on any atom is 0.202 e. The van der Waals surface area contributed by atoms with Gasteiger partial charge >= 0.3 is 0 Å². The van der Waals surface area contributed by atoms with Crippen LogP contribution in [0, 0.1) is 11.6 Å². The second kappa shape index (κ2) is 4.30. The van der Waals surface area contributed by atoms with Gasteiger partial charge in [0.1, 0.15) is 0 Å². The molecule has 0 bridgehead atoms. The molecule has 1 aromatic carbocycles. The van der Waals surface area contributed by atoms with Crippen molar-refractivity contribution in [3.63, 3.8) is 0 Å². The smallest absolute Gasteiger partial charge is 0.202 e. The third-order valence-corrected chi connectivity index (χ3v) is 2.28. The zero-order chi connectivity index (χ0) is 11.5. The second-order valence-electron chi connectivity index (χ2n) is 3.38. The number of hydrogen-bond acceptors (Lipinski definition) is 2. The van der Waals surface area contributed by atoms with Gasteiger partial charge in [0.05, 0.1) is 6.54 Å². The molecular formula is C11H11F2N3. The molecule has 2 aromatic rings. The summed E-state index contributed by atoms with van der Waals surface area (Å²) in [6, 6.07) is 3.87. The lowest BCUT2D eigenvalue weighted by molar-refractivity contribution is 0.506. The van der Waals surface area contributed by atoms with E-state index >= 15 is 0 Å². The van der Waals surface area contributed by atoms with Crippen LogP contribution in [0.1, 0.15) is 5.56 Å². The molecule has 0 aliphatic carbocycles. The molecule has 0 spiro atoms. The Morgan fingerprint density at radius 1 is 1.31 bits per heavy atom. The number of halogens is 2. The average Bonchev–Trinajstić information content (AvgIpc) is 2.71. The number of benzene rings is 1. The second-order valence-corrected chi connectivity index (χ2v) is 3.38. The molecule has 1 N–H and O–H groups in total. The van der Waals surface area contributed by atoms with Crippen LogP contribution in [0.15, 0.2) is 30.6 Å². The highest BCUT2D eigenvalue weighted by molar-refractivity contribution is 5.27. The summed E-state index contributed by atoms with van der Waals surface area (Å²) >= 11 is 0. The van der Waals surface area contributed by atoms with Gasteiger partial charge in [-0.15, -0.1) is 0 Å². The Bertz CT molecular complexity index is 494. The van der Waals surface area contributed by atoms with Crippen molar-refractivity contribution in [2.75, 3.05) is 12.4 Å². The lowest BCUT2D eigenvalue weighted by Gasteiger charge is -2.07. The van der Waals surface area contributed by atoms with Crippen molar-refractivity contribution in [3.05, 3.63) is 47.8 Å². The fourth-order valence-corrected chi connectivity index (χ4v) is 1.50. The van der Waals surface area contributed by atoms with Gasteiger partial charge in [0.15, 0.2) is 11.6 Å². The van der Waals surface area contributed by atoms with Gasteiger partial charge in [-0.2, -0.15) is 0 Å². The molecule has 5 heteroatoms. The standard InChI is InChI=1S/C11H11F2N3/c1-14-11-15-4-5-16(11)7-8-2-3-9(12)10(13)6-8/h2-6H,7H2,1H3,(H,14,15). The fraction of sp³-hybridized carbons (Fsp3) is 0.182. The molecular weight excluding hydrogens is 212 g/mol. The Balaban J connectivity index is 2.24. The molecule has 84 valence electrons. The molecule has 1 aromatic heterocycles. The monoisotopic (exact) mass is 223 g/mol. The van der Waals surface area contributed by atoms with E-state index in [0.717, 1.165) is 6.07 Å². The molecule has 0 amide bonds. The van der Waals surface area contributed by atoms with Crippen molar-refractivity contribution < 1.29 is 8.78 Å². The summed E-state index contributed by atoms with van der Waals surface area (Å²) in [6.07, 6.45) is 3.42. The summed E-state index contributed by atoms with van der Waals surface area (Å²) in [4.78, 5) is 4.05. The summed E-state index contributed by atoms with van der Waals surface area (Å²) in [5.74, 6) is -0.975. The van der Waals surface area contributed by atoms with E-state index in [1.165, 1.54) is 6.07 Å². The summed E-state index contributed by atoms with van der Waals surface area (Å²) in [6.45, 7) is 0.452. The highest BCUT2D eigenvalue weighted by atomic mass is 19.2. The Morgan fingerprint density at radius 2 is 2.12 bits per heavy atom. The number of nitrogens with zero attached hydrogens (tertiary/aromatic N) is 2. The first-order valence-corrected chi connectivity index (χ1v) is 4.83. The van der Waals surface area contributed by atoms with Crippen LogP contribution in [-0.4, -0.2) is 16.6 Å². The minimum absolute atomic E-state index is 0.452. The topological polar surface area (TPSA) is 29.9 Å². The molecule has 2 rings (SSSR count). The minimum Gasteiger partial charge on any atom is -0.359 e. The molecule has 0 aliphatic heterocycles. The summed E-state index contributed by atoms with van der Waals surface area (Å²) in [5.41, 5.74) is 0.688. The summed E-state index contributed by atoms with van der Waals surface area (Å²) < 4.78 is 27.5. The van der Waals surface area contributed by atoms with Crippen LogP contribution < -0.4 is 5.32 Å². The number of anilines is 1. The quantitative estimate of drug-likeness (QED) is 0.864. The van der Waals surface area contributed by atoms with E-state index < -0.39 is 11.6 Å². The highest BCUT2D eigenvalue weighted by Gasteiger charge is 2.05. The van der Waals surface area contributed by atoms with Gasteiger partial charge in [-0.25, -0.2) is 13.8 Å². The van der Waals surface area contributed by atoms with E-state index in [2.05, 4.69) is 10.3 Å². The van der Waals surface area contributed by atoms with Crippen LogP contribution in [0.2, 0.25) is 0 Å². The Hall–Kier alpha value is -1.91. The van der Waals surface area contributed by atoms with Gasteiger partial charge in [-0.05, 0) is 17.7 Å². The lowest BCUT2D eigenvalue weighted by atomic mass is 10.2. The molecule has 0 fully saturated rings. The van der Waals surface area contributed by atoms with Crippen LogP contribution in [0.25, 0.3) is 0 Å². The van der Waals surface area contributed by atoms with Crippen molar-refractivity contribution in [1.82, 2.24) is 9.55 Å². The highest BCUT2D eigenvalue weighted by Crippen LogP contribution is 2.12. The molecule has 16 heavy (non-hydrogen) atoms. The van der Waals surface area contributed by atoms with E-state index in [-0.39, 0.29) is 0 Å². The summed E-state index contributed by atoms with van der Waals surface area (Å²) in [7, 11) is 1.75. The fourth-order valence-electron chi connectivity index (χ4n) is 1.50. The molecule has 0 aliphatic rings. The van der Waals surface area contributed by atoms with E-state index in [0.29, 0.717) is 18.1 Å². The Kier molecular flexibility index (Phi) is 2.85. The molecule has 0 radical (unpaired) electrons. The third-order valence-electron chi connectivity index (χ3n) is 2.28. The number of aromatic nitrogens is 2. The molecule has 0 saturated heterocycles. The third kappa shape index (κ3) is 2.03. The lowest BCUT2D eigenvalue weighted by Crippen LogP contribution is -2.04. The molecule has 0 saturated carbocycles. The van der Waals surface area contributed by atoms with E-state index in [9.17, 15) is 8.78 Å². The van der Waals surface area contributed by atoms with Gasteiger partial charge in [-0.3, -0.25) is 0 Å². The number of hydrogen-bond donors (Lipinski definition) is 1. The first kappa shape index (κ1) is 10.6. The first-order valence-electron chi connectivity index (χ1n) is 4.83. The van der Waals surface area contributed by atoms with Gasteiger partial charge in [0.2, 0.25) is 5.95 Å². The Morgan fingerprint density at radius 3 is 2.81 bits per heavy atom. The van der Waals surface area contributed by atoms with Gasteiger partial charge in [-0.1, -0.05) is 6.07 Å². The SMILES string of the molecule is CNc1nccn1Cc1ccc(F)c(F)c1. The van der Waals surface area contributed by atoms with Crippen molar-refractivity contribution in [2.24, 2.45) is 0 Å². The number of rotatable bonds is 3. The van der Waals surface area contributed by atoms with Crippen LogP contribution in [0.4, 0.5) is 14.7 Å². The van der Waals surface area contributed by atoms with E-state index in [1.807, 2.05) is 4.57 Å². The number of nitrogens with one attached hydrogen (secondary N) is 1. The molecule has 0 atom stereocenters. The first-order chi connectivity index (χ1) is 7.70. The van der Waals surface area contributed by atoms with E-state index in [1.54, 1.807) is 25.5 Å². The van der Waals surface area contributed by atoms with Crippen molar-refractivity contribution in [1.29, 1.82) is 0 Å². The van der Waals surface area contributed by atoms with Crippen LogP contribution in [0.5, 0.6) is 0 Å². The van der Waals surface area contributed by atoms with Crippen molar-refractivity contribution >= 4 is 5.95 Å². The van der Waals surface area contributed by atoms with Gasteiger partial charge in [0, 0.05) is 19.4 Å². The summed E-state index contributed by atoms with van der Waals surface area (Å²) in [5, 5.41) is 2.91. The predicted molar refractivity (Wildman–Crippen MR) is 57.2 cm³/mol. The average molecular weight is 223 g/mol. The van der Waals surface area contributed by atoms with Crippen LogP contribution in [0.3, 0.4) is 0 Å². The van der Waals surface area contributed by atoms with E-state index in [4.69, 9.17) is 0 Å². The van der Waals surface area contributed by atoms with Crippen LogP contribution in [-0.2, 0) is 6.54 Å². The molecule has 3 nitrogen and oxygen atoms in total. The van der Waals surface area contributed by atoms with Gasteiger partial charge < -0.3 is 9.88 Å². The number of imidazole rings is 1. The van der Waals surface area contributed by atoms with Gasteiger partial charge in [0.25, 0.3) is 0 Å². The normalized spacial score (nSPS) is 10.4.